The Bertz CT molecular complexity index is 335. The van der Waals surface area contributed by atoms with Crippen LogP contribution >= 0.6 is 23.6 Å². The normalized spacial score (nSPS) is 9.62. The van der Waals surface area contributed by atoms with Crippen LogP contribution in [0.25, 0.3) is 0 Å². The number of rotatable bonds is 3. The van der Waals surface area contributed by atoms with Crippen molar-refractivity contribution in [2.45, 2.75) is 13.3 Å². The fourth-order valence-corrected chi connectivity index (χ4v) is 1.41. The average Bonchev–Trinajstić information content (AvgIpc) is 2.33. The van der Waals surface area contributed by atoms with E-state index in [0.29, 0.717) is 5.13 Å². The highest BCUT2D eigenvalue weighted by atomic mass is 32.1. The number of hydrogen-bond acceptors (Lipinski definition) is 5. The Labute approximate surface area is 84.3 Å². The van der Waals surface area contributed by atoms with E-state index in [1.54, 1.807) is 6.92 Å². The number of amides is 1. The molecule has 0 saturated heterocycles. The van der Waals surface area contributed by atoms with Gasteiger partial charge in [0.15, 0.2) is 0 Å². The average molecular weight is 216 g/mol. The van der Waals surface area contributed by atoms with Crippen LogP contribution in [0.2, 0.25) is 0 Å². The molecule has 1 aromatic heterocycles. The third kappa shape index (κ3) is 3.43. The first-order valence-corrected chi connectivity index (χ1v) is 4.68. The highest BCUT2D eigenvalue weighted by Crippen LogP contribution is 2.13. The lowest BCUT2D eigenvalue weighted by Gasteiger charge is -1.97. The largest absolute Gasteiger partial charge is 0.393 e. The van der Waals surface area contributed by atoms with Crippen molar-refractivity contribution in [2.75, 3.05) is 5.32 Å². The van der Waals surface area contributed by atoms with E-state index in [4.69, 9.17) is 5.73 Å². The summed E-state index contributed by atoms with van der Waals surface area (Å²) in [6, 6.07) is 0. The topological polar surface area (TPSA) is 80.9 Å². The zero-order chi connectivity index (χ0) is 9.84. The van der Waals surface area contributed by atoms with Crippen molar-refractivity contribution in [3.63, 3.8) is 0 Å². The maximum Gasteiger partial charge on any atom is 0.233 e. The smallest absolute Gasteiger partial charge is 0.233 e. The maximum atomic E-state index is 11.1. The molecule has 0 aliphatic rings. The van der Waals surface area contributed by atoms with Gasteiger partial charge in [-0.1, -0.05) is 23.6 Å². The van der Waals surface area contributed by atoms with Crippen molar-refractivity contribution in [2.24, 2.45) is 5.73 Å². The molecule has 0 unspecified atom stereocenters. The van der Waals surface area contributed by atoms with Crippen LogP contribution in [-0.4, -0.2) is 21.1 Å². The summed E-state index contributed by atoms with van der Waals surface area (Å²) in [7, 11) is 0. The van der Waals surface area contributed by atoms with Crippen molar-refractivity contribution < 1.29 is 4.79 Å². The lowest BCUT2D eigenvalue weighted by Crippen LogP contribution is -2.19. The molecule has 1 aromatic rings. The molecule has 1 rings (SSSR count). The van der Waals surface area contributed by atoms with Crippen LogP contribution in [0.3, 0.4) is 0 Å². The first-order valence-electron chi connectivity index (χ1n) is 3.46. The van der Waals surface area contributed by atoms with Crippen LogP contribution < -0.4 is 11.1 Å². The quantitative estimate of drug-likeness (QED) is 0.717. The zero-order valence-electron chi connectivity index (χ0n) is 6.90. The lowest BCUT2D eigenvalue weighted by molar-refractivity contribution is -0.115. The summed E-state index contributed by atoms with van der Waals surface area (Å²) in [5.74, 6) is -0.261. The molecule has 70 valence electrons. The van der Waals surface area contributed by atoms with Crippen molar-refractivity contribution in [3.05, 3.63) is 5.01 Å². The van der Waals surface area contributed by atoms with Gasteiger partial charge in [-0.2, -0.15) is 0 Å². The molecule has 1 heterocycles. The zero-order valence-corrected chi connectivity index (χ0v) is 8.54. The molecule has 0 aliphatic heterocycles. The molecular weight excluding hydrogens is 208 g/mol. The van der Waals surface area contributed by atoms with E-state index in [1.807, 2.05) is 0 Å². The van der Waals surface area contributed by atoms with Crippen LogP contribution in [0, 0.1) is 6.92 Å². The second-order valence-electron chi connectivity index (χ2n) is 2.32. The third-order valence-corrected chi connectivity index (χ3v) is 2.01. The molecule has 7 heteroatoms. The van der Waals surface area contributed by atoms with Crippen molar-refractivity contribution in [3.8, 4) is 0 Å². The molecule has 3 N–H and O–H groups in total. The van der Waals surface area contributed by atoms with Gasteiger partial charge in [-0.25, -0.2) is 0 Å². The molecule has 13 heavy (non-hydrogen) atoms. The summed E-state index contributed by atoms with van der Waals surface area (Å²) in [5, 5.41) is 11.3. The van der Waals surface area contributed by atoms with Gasteiger partial charge in [-0.05, 0) is 6.92 Å². The minimum absolute atomic E-state index is 0.0357. The van der Waals surface area contributed by atoms with E-state index >= 15 is 0 Å². The maximum absolute atomic E-state index is 11.1. The summed E-state index contributed by atoms with van der Waals surface area (Å²) in [4.78, 5) is 11.3. The number of nitrogens with one attached hydrogen (secondary N) is 1. The number of nitrogens with two attached hydrogens (primary N) is 1. The number of thiocarbonyl (C=S) groups is 1. The summed E-state index contributed by atoms with van der Waals surface area (Å²) in [6.45, 7) is 1.81. The molecule has 0 radical (unpaired) electrons. The Balaban J connectivity index is 2.50. The van der Waals surface area contributed by atoms with Crippen LogP contribution in [-0.2, 0) is 4.79 Å². The second kappa shape index (κ2) is 4.24. The molecule has 0 aliphatic carbocycles. The summed E-state index contributed by atoms with van der Waals surface area (Å²) >= 11 is 5.88. The highest BCUT2D eigenvalue weighted by Gasteiger charge is 2.06. The monoisotopic (exact) mass is 216 g/mol. The second-order valence-corrected chi connectivity index (χ2v) is 4.02. The molecular formula is C6H8N4OS2. The Morgan fingerprint density at radius 2 is 2.38 bits per heavy atom. The fraction of sp³-hybridized carbons (Fsp3) is 0.333. The molecule has 5 nitrogen and oxygen atoms in total. The molecule has 0 spiro atoms. The number of carbonyl (C=O) groups is 1. The van der Waals surface area contributed by atoms with E-state index in [2.05, 4.69) is 27.7 Å². The minimum atomic E-state index is -0.261. The van der Waals surface area contributed by atoms with Crippen molar-refractivity contribution in [1.82, 2.24) is 10.2 Å². The van der Waals surface area contributed by atoms with E-state index in [-0.39, 0.29) is 17.3 Å². The van der Waals surface area contributed by atoms with Crippen LogP contribution in [0.15, 0.2) is 0 Å². The van der Waals surface area contributed by atoms with Crippen molar-refractivity contribution >= 4 is 39.6 Å². The van der Waals surface area contributed by atoms with E-state index in [9.17, 15) is 4.79 Å². The number of nitrogens with zero attached hydrogens (tertiary/aromatic N) is 2. The van der Waals surface area contributed by atoms with Gasteiger partial charge in [-0.3, -0.25) is 4.79 Å². The fourth-order valence-electron chi connectivity index (χ4n) is 0.669. The lowest BCUT2D eigenvalue weighted by atomic mass is 10.4. The number of anilines is 1. The SMILES string of the molecule is Cc1nnc(NC(=O)CC(N)=S)s1. The van der Waals surface area contributed by atoms with Crippen molar-refractivity contribution in [1.29, 1.82) is 0 Å². The van der Waals surface area contributed by atoms with Crippen LogP contribution in [0.5, 0.6) is 0 Å². The van der Waals surface area contributed by atoms with Gasteiger partial charge in [0.05, 0.1) is 11.4 Å². The predicted molar refractivity (Wildman–Crippen MR) is 54.7 cm³/mol. The summed E-state index contributed by atoms with van der Waals surface area (Å²) in [5.41, 5.74) is 5.19. The first kappa shape index (κ1) is 10.0. The molecule has 0 bridgehead atoms. The Morgan fingerprint density at radius 3 is 2.85 bits per heavy atom. The van der Waals surface area contributed by atoms with Crippen LogP contribution in [0.1, 0.15) is 11.4 Å². The molecule has 0 atom stereocenters. The van der Waals surface area contributed by atoms with Gasteiger partial charge in [-0.15, -0.1) is 10.2 Å². The minimum Gasteiger partial charge on any atom is -0.393 e. The van der Waals surface area contributed by atoms with Gasteiger partial charge >= 0.3 is 0 Å². The Morgan fingerprint density at radius 1 is 1.69 bits per heavy atom. The molecule has 0 fully saturated rings. The summed E-state index contributed by atoms with van der Waals surface area (Å²) in [6.07, 6.45) is 0.0357. The Hall–Kier alpha value is -1.08. The van der Waals surface area contributed by atoms with Gasteiger partial charge in [0.2, 0.25) is 11.0 Å². The number of hydrogen-bond donors (Lipinski definition) is 2. The number of aromatic nitrogens is 2. The van der Waals surface area contributed by atoms with Crippen LogP contribution in [0.4, 0.5) is 5.13 Å². The molecule has 0 saturated carbocycles. The van der Waals surface area contributed by atoms with E-state index < -0.39 is 0 Å². The first-order chi connectivity index (χ1) is 6.08. The van der Waals surface area contributed by atoms with Gasteiger partial charge < -0.3 is 11.1 Å². The summed E-state index contributed by atoms with van der Waals surface area (Å²) < 4.78 is 0. The molecule has 1 amide bonds. The van der Waals surface area contributed by atoms with E-state index in [1.165, 1.54) is 11.3 Å². The number of carbonyl (C=O) groups excluding carboxylic acids is 1. The predicted octanol–water partition coefficient (Wildman–Crippen LogP) is 0.461. The highest BCUT2D eigenvalue weighted by molar-refractivity contribution is 7.80. The standard InChI is InChI=1S/C6H8N4OS2/c1-3-9-10-6(13-3)8-5(11)2-4(7)12/h2H2,1H3,(H2,7,12)(H,8,10,11). The molecule has 0 aromatic carbocycles. The van der Waals surface area contributed by atoms with Gasteiger partial charge in [0.1, 0.15) is 5.01 Å². The third-order valence-electron chi connectivity index (χ3n) is 1.11. The van der Waals surface area contributed by atoms with E-state index in [0.717, 1.165) is 5.01 Å². The van der Waals surface area contributed by atoms with Gasteiger partial charge in [0.25, 0.3) is 0 Å². The van der Waals surface area contributed by atoms with Gasteiger partial charge in [0, 0.05) is 0 Å². The Kier molecular flexibility index (Phi) is 3.26. The number of aryl methyl sites for hydroxylation is 1.